The standard InChI is InChI=1S/C11H10FNO2/c12-9-2-1-8-5-10(3-4-15-7-14)13-11(8)6-9/h1-2,5-7,13H,3-4H2. The number of hydrogen-bond acceptors (Lipinski definition) is 2. The fourth-order valence-corrected chi connectivity index (χ4v) is 1.51. The number of aromatic amines is 1. The highest BCUT2D eigenvalue weighted by atomic mass is 19.1. The van der Waals surface area contributed by atoms with Gasteiger partial charge in [-0.25, -0.2) is 4.39 Å². The van der Waals surface area contributed by atoms with Crippen molar-refractivity contribution in [1.29, 1.82) is 0 Å². The van der Waals surface area contributed by atoms with E-state index in [1.165, 1.54) is 12.1 Å². The lowest BCUT2D eigenvalue weighted by Gasteiger charge is -1.94. The third-order valence-corrected chi connectivity index (χ3v) is 2.20. The Balaban J connectivity index is 2.19. The average Bonchev–Trinajstić information content (AvgIpc) is 2.60. The van der Waals surface area contributed by atoms with Crippen molar-refractivity contribution in [1.82, 2.24) is 4.98 Å². The predicted octanol–water partition coefficient (Wildman–Crippen LogP) is 2.02. The lowest BCUT2D eigenvalue weighted by Crippen LogP contribution is -1.96. The van der Waals surface area contributed by atoms with Gasteiger partial charge in [0.25, 0.3) is 6.47 Å². The number of rotatable bonds is 4. The number of nitrogens with one attached hydrogen (secondary N) is 1. The summed E-state index contributed by atoms with van der Waals surface area (Å²) in [6.45, 7) is 0.751. The van der Waals surface area contributed by atoms with Crippen LogP contribution in [-0.4, -0.2) is 18.1 Å². The first-order valence-electron chi connectivity index (χ1n) is 4.62. The van der Waals surface area contributed by atoms with Crippen LogP contribution in [0, 0.1) is 5.82 Å². The largest absolute Gasteiger partial charge is 0.467 e. The minimum absolute atomic E-state index is 0.264. The van der Waals surface area contributed by atoms with Gasteiger partial charge >= 0.3 is 0 Å². The summed E-state index contributed by atoms with van der Waals surface area (Å²) >= 11 is 0. The van der Waals surface area contributed by atoms with Gasteiger partial charge in [0.1, 0.15) is 5.82 Å². The zero-order chi connectivity index (χ0) is 10.7. The molecule has 0 aliphatic heterocycles. The smallest absolute Gasteiger partial charge is 0.293 e. The number of ether oxygens (including phenoxy) is 1. The summed E-state index contributed by atoms with van der Waals surface area (Å²) in [7, 11) is 0. The zero-order valence-corrected chi connectivity index (χ0v) is 8.00. The maximum absolute atomic E-state index is 12.9. The van der Waals surface area contributed by atoms with Gasteiger partial charge in [-0.05, 0) is 29.7 Å². The van der Waals surface area contributed by atoms with Crippen molar-refractivity contribution in [2.45, 2.75) is 6.42 Å². The number of hydrogen-bond donors (Lipinski definition) is 1. The third kappa shape index (κ3) is 2.15. The molecule has 2 aromatic rings. The summed E-state index contributed by atoms with van der Waals surface area (Å²) in [5.41, 5.74) is 1.69. The Morgan fingerprint density at radius 1 is 1.40 bits per heavy atom. The summed E-state index contributed by atoms with van der Waals surface area (Å²) < 4.78 is 17.4. The molecule has 0 saturated carbocycles. The summed E-state index contributed by atoms with van der Waals surface area (Å²) in [6.07, 6.45) is 0.606. The van der Waals surface area contributed by atoms with E-state index >= 15 is 0 Å². The first-order valence-corrected chi connectivity index (χ1v) is 4.62. The summed E-state index contributed by atoms with van der Waals surface area (Å²) in [4.78, 5) is 13.0. The van der Waals surface area contributed by atoms with E-state index in [9.17, 15) is 9.18 Å². The number of carbonyl (C=O) groups is 1. The van der Waals surface area contributed by atoms with E-state index in [0.717, 1.165) is 16.6 Å². The zero-order valence-electron chi connectivity index (χ0n) is 8.00. The van der Waals surface area contributed by atoms with Gasteiger partial charge in [-0.3, -0.25) is 4.79 Å². The van der Waals surface area contributed by atoms with E-state index in [2.05, 4.69) is 9.72 Å². The monoisotopic (exact) mass is 207 g/mol. The Bertz CT molecular complexity index is 478. The number of carbonyl (C=O) groups excluding carboxylic acids is 1. The van der Waals surface area contributed by atoms with Gasteiger partial charge in [-0.1, -0.05) is 0 Å². The molecule has 1 heterocycles. The highest BCUT2D eigenvalue weighted by Crippen LogP contribution is 2.16. The van der Waals surface area contributed by atoms with Crippen molar-refractivity contribution < 1.29 is 13.9 Å². The minimum atomic E-state index is -0.264. The molecule has 15 heavy (non-hydrogen) atoms. The second-order valence-electron chi connectivity index (χ2n) is 3.24. The van der Waals surface area contributed by atoms with Crippen LogP contribution in [0.1, 0.15) is 5.69 Å². The van der Waals surface area contributed by atoms with Crippen LogP contribution in [0.4, 0.5) is 4.39 Å². The van der Waals surface area contributed by atoms with E-state index in [4.69, 9.17) is 0 Å². The van der Waals surface area contributed by atoms with E-state index in [1.807, 2.05) is 6.07 Å². The van der Waals surface area contributed by atoms with E-state index in [1.54, 1.807) is 6.07 Å². The molecule has 0 aliphatic carbocycles. The molecule has 0 radical (unpaired) electrons. The first-order chi connectivity index (χ1) is 7.29. The average molecular weight is 207 g/mol. The Labute approximate surface area is 85.9 Å². The van der Waals surface area contributed by atoms with Crippen LogP contribution in [0.5, 0.6) is 0 Å². The lowest BCUT2D eigenvalue weighted by atomic mass is 10.2. The fourth-order valence-electron chi connectivity index (χ4n) is 1.51. The van der Waals surface area contributed by atoms with Gasteiger partial charge in [-0.15, -0.1) is 0 Å². The second-order valence-corrected chi connectivity index (χ2v) is 3.24. The Morgan fingerprint density at radius 3 is 3.07 bits per heavy atom. The molecule has 1 aromatic carbocycles. The molecule has 0 amide bonds. The van der Waals surface area contributed by atoms with Crippen LogP contribution < -0.4 is 0 Å². The van der Waals surface area contributed by atoms with Crippen LogP contribution in [0.3, 0.4) is 0 Å². The van der Waals surface area contributed by atoms with Crippen molar-refractivity contribution in [2.24, 2.45) is 0 Å². The number of H-pyrrole nitrogens is 1. The minimum Gasteiger partial charge on any atom is -0.467 e. The van der Waals surface area contributed by atoms with Gasteiger partial charge in [0.2, 0.25) is 0 Å². The first kappa shape index (κ1) is 9.71. The maximum Gasteiger partial charge on any atom is 0.293 e. The topological polar surface area (TPSA) is 42.1 Å². The summed E-state index contributed by atoms with van der Waals surface area (Å²) in [5.74, 6) is -0.264. The molecular formula is C11H10FNO2. The van der Waals surface area contributed by atoms with Gasteiger partial charge in [-0.2, -0.15) is 0 Å². The van der Waals surface area contributed by atoms with E-state index in [-0.39, 0.29) is 5.82 Å². The van der Waals surface area contributed by atoms with Gasteiger partial charge < -0.3 is 9.72 Å². The molecule has 0 bridgehead atoms. The van der Waals surface area contributed by atoms with Crippen molar-refractivity contribution in [2.75, 3.05) is 6.61 Å². The molecule has 1 N–H and O–H groups in total. The molecule has 0 unspecified atom stereocenters. The quantitative estimate of drug-likeness (QED) is 0.615. The van der Waals surface area contributed by atoms with E-state index in [0.29, 0.717) is 19.5 Å². The molecular weight excluding hydrogens is 197 g/mol. The lowest BCUT2D eigenvalue weighted by molar-refractivity contribution is -0.128. The van der Waals surface area contributed by atoms with Crippen molar-refractivity contribution in [3.8, 4) is 0 Å². The van der Waals surface area contributed by atoms with Gasteiger partial charge in [0.05, 0.1) is 6.61 Å². The predicted molar refractivity (Wildman–Crippen MR) is 54.0 cm³/mol. The highest BCUT2D eigenvalue weighted by molar-refractivity contribution is 5.80. The molecule has 1 aromatic heterocycles. The van der Waals surface area contributed by atoms with Gasteiger partial charge in [0, 0.05) is 17.6 Å². The molecule has 3 nitrogen and oxygen atoms in total. The van der Waals surface area contributed by atoms with Crippen LogP contribution in [-0.2, 0) is 16.0 Å². The van der Waals surface area contributed by atoms with Crippen LogP contribution >= 0.6 is 0 Å². The molecule has 0 saturated heterocycles. The van der Waals surface area contributed by atoms with Crippen LogP contribution in [0.25, 0.3) is 10.9 Å². The summed E-state index contributed by atoms with van der Waals surface area (Å²) in [5, 5.41) is 0.956. The number of halogens is 1. The fraction of sp³-hybridized carbons (Fsp3) is 0.182. The van der Waals surface area contributed by atoms with E-state index < -0.39 is 0 Å². The molecule has 0 aliphatic rings. The Hall–Kier alpha value is -1.84. The summed E-state index contributed by atoms with van der Waals surface area (Å²) in [6, 6.07) is 6.50. The van der Waals surface area contributed by atoms with Crippen molar-refractivity contribution in [3.63, 3.8) is 0 Å². The second kappa shape index (κ2) is 4.13. The molecule has 2 rings (SSSR count). The van der Waals surface area contributed by atoms with Crippen molar-refractivity contribution in [3.05, 3.63) is 35.8 Å². The SMILES string of the molecule is O=COCCc1cc2ccc(F)cc2[nH]1. The molecule has 0 atom stereocenters. The Kier molecular flexibility index (Phi) is 2.67. The molecule has 78 valence electrons. The normalized spacial score (nSPS) is 10.5. The Morgan fingerprint density at radius 2 is 2.27 bits per heavy atom. The highest BCUT2D eigenvalue weighted by Gasteiger charge is 2.01. The number of benzene rings is 1. The van der Waals surface area contributed by atoms with Crippen LogP contribution in [0.15, 0.2) is 24.3 Å². The molecule has 0 fully saturated rings. The molecule has 4 heteroatoms. The van der Waals surface area contributed by atoms with Crippen LogP contribution in [0.2, 0.25) is 0 Å². The number of fused-ring (bicyclic) bond motifs is 1. The number of aromatic nitrogens is 1. The molecule has 0 spiro atoms. The van der Waals surface area contributed by atoms with Gasteiger partial charge in [0.15, 0.2) is 0 Å². The maximum atomic E-state index is 12.9. The third-order valence-electron chi connectivity index (χ3n) is 2.20. The van der Waals surface area contributed by atoms with Crippen molar-refractivity contribution >= 4 is 17.4 Å².